The van der Waals surface area contributed by atoms with E-state index in [1.54, 1.807) is 19.4 Å². The largest absolute Gasteiger partial charge is 0.405 e. The fourth-order valence-electron chi connectivity index (χ4n) is 8.68. The Morgan fingerprint density at radius 1 is 0.762 bits per heavy atom. The second-order valence-electron chi connectivity index (χ2n) is 16.1. The predicted molar refractivity (Wildman–Crippen MR) is 245 cm³/mol. The number of ether oxygens (including phenoxy) is 3. The zero-order valence-corrected chi connectivity index (χ0v) is 36.5. The van der Waals surface area contributed by atoms with Crippen LogP contribution in [0.25, 0.3) is 55.8 Å². The van der Waals surface area contributed by atoms with Gasteiger partial charge in [-0.3, -0.25) is 24.3 Å². The average molecular weight is 851 g/mol. The van der Waals surface area contributed by atoms with Gasteiger partial charge in [-0.25, -0.2) is 14.6 Å². The quantitative estimate of drug-likeness (QED) is 0.177. The molecule has 326 valence electrons. The van der Waals surface area contributed by atoms with Crippen molar-refractivity contribution >= 4 is 39.2 Å². The highest BCUT2D eigenvalue weighted by atomic mass is 16.5. The van der Waals surface area contributed by atoms with Crippen molar-refractivity contribution < 1.29 is 14.2 Å². The van der Waals surface area contributed by atoms with Gasteiger partial charge in [-0.15, -0.1) is 0 Å². The number of anilines is 2. The first kappa shape index (κ1) is 41.8. The molecule has 3 aliphatic rings. The fraction of sp³-hybridized carbons (Fsp3) is 0.391. The maximum absolute atomic E-state index is 5.93. The third-order valence-electron chi connectivity index (χ3n) is 12.0. The Labute approximate surface area is 366 Å². The van der Waals surface area contributed by atoms with Gasteiger partial charge in [0.1, 0.15) is 46.0 Å². The van der Waals surface area contributed by atoms with Crippen LogP contribution in [-0.4, -0.2) is 120 Å². The zero-order valence-electron chi connectivity index (χ0n) is 36.5. The number of fused-ring (bicyclic) bond motifs is 2. The summed E-state index contributed by atoms with van der Waals surface area (Å²) in [6.45, 7) is 9.41. The van der Waals surface area contributed by atoms with Crippen molar-refractivity contribution in [3.8, 4) is 34.0 Å². The second kappa shape index (κ2) is 18.4. The van der Waals surface area contributed by atoms with E-state index >= 15 is 0 Å². The van der Waals surface area contributed by atoms with Crippen LogP contribution < -0.4 is 15.5 Å². The van der Waals surface area contributed by atoms with Crippen molar-refractivity contribution in [1.82, 2.24) is 49.3 Å². The van der Waals surface area contributed by atoms with Gasteiger partial charge >= 0.3 is 0 Å². The van der Waals surface area contributed by atoms with Gasteiger partial charge in [0, 0.05) is 93.7 Å². The molecule has 63 heavy (non-hydrogen) atoms. The first-order valence-electron chi connectivity index (χ1n) is 21.6. The standard InChI is InChI=1S/C25H29N7O2.C21H25N7O/c1-17-16-33-14-12-31(17)22-15-19(21-7-10-27-30(21)2)18-6-9-26-25(24(18)28-22)20-8-11-32(29-20)23-5-3-4-13-34-23;1-14-13-29-11-10-28(14)19-12-16(17(23-2)4-7-22)15-5-8-24-21(20(15)26-19)18-6-9-25-27(18)3/h6-11,15,17,23H,3-5,12-14,16H2,1-2H3;4-9,12,14H,10-11,13,22H2,1-3H3/t17-,23?;14-/m11/s1. The highest BCUT2D eigenvalue weighted by Gasteiger charge is 2.26. The minimum atomic E-state index is -0.0137. The number of allylic oxidation sites excluding steroid dienone is 1. The maximum atomic E-state index is 5.93. The molecule has 7 aromatic heterocycles. The molecular weight excluding hydrogens is 797 g/mol. The van der Waals surface area contributed by atoms with Crippen LogP contribution in [0.5, 0.6) is 0 Å². The van der Waals surface area contributed by atoms with Gasteiger partial charge in [0.05, 0.1) is 55.6 Å². The van der Waals surface area contributed by atoms with E-state index in [2.05, 4.69) is 56.0 Å². The monoisotopic (exact) mass is 850 g/mol. The summed E-state index contributed by atoms with van der Waals surface area (Å²) >= 11 is 0. The fourth-order valence-corrected chi connectivity index (χ4v) is 8.68. The Balaban J connectivity index is 0.000000162. The first-order valence-corrected chi connectivity index (χ1v) is 21.6. The lowest BCUT2D eigenvalue weighted by atomic mass is 10.0. The molecular formula is C46H54N14O3. The van der Waals surface area contributed by atoms with Crippen molar-refractivity contribution in [2.45, 2.75) is 51.4 Å². The van der Waals surface area contributed by atoms with Gasteiger partial charge in [0.15, 0.2) is 0 Å². The minimum absolute atomic E-state index is 0.0137. The molecule has 10 heterocycles. The smallest absolute Gasteiger partial charge is 0.150 e. The van der Waals surface area contributed by atoms with E-state index in [4.69, 9.17) is 40.0 Å². The van der Waals surface area contributed by atoms with Crippen molar-refractivity contribution in [2.24, 2.45) is 24.8 Å². The topological polar surface area (TPSA) is 178 Å². The van der Waals surface area contributed by atoms with E-state index in [0.717, 1.165) is 118 Å². The molecule has 10 rings (SSSR count). The molecule has 3 atom stereocenters. The van der Waals surface area contributed by atoms with Crippen molar-refractivity contribution in [2.75, 3.05) is 63.0 Å². The Hall–Kier alpha value is -6.56. The number of hydrogen-bond acceptors (Lipinski definition) is 14. The summed E-state index contributed by atoms with van der Waals surface area (Å²) in [6.07, 6.45) is 15.8. The third kappa shape index (κ3) is 8.38. The molecule has 0 aliphatic carbocycles. The molecule has 0 amide bonds. The van der Waals surface area contributed by atoms with Crippen LogP contribution in [-0.2, 0) is 28.3 Å². The lowest BCUT2D eigenvalue weighted by Gasteiger charge is -2.34. The highest BCUT2D eigenvalue weighted by molar-refractivity contribution is 6.17. The van der Waals surface area contributed by atoms with Gasteiger partial charge in [-0.1, -0.05) is 0 Å². The number of morpholine rings is 2. The van der Waals surface area contributed by atoms with Crippen molar-refractivity contribution in [3.05, 3.63) is 91.3 Å². The number of hydrogen-bond donors (Lipinski definition) is 1. The van der Waals surface area contributed by atoms with Gasteiger partial charge in [-0.2, -0.15) is 15.3 Å². The van der Waals surface area contributed by atoms with E-state index in [1.165, 1.54) is 6.20 Å². The van der Waals surface area contributed by atoms with Crippen LogP contribution in [0.1, 0.15) is 44.9 Å². The van der Waals surface area contributed by atoms with E-state index in [0.29, 0.717) is 26.4 Å². The average Bonchev–Trinajstić information content (AvgIpc) is 4.10. The molecule has 0 aromatic carbocycles. The number of nitrogens with zero attached hydrogens (tertiary/aromatic N) is 13. The summed E-state index contributed by atoms with van der Waals surface area (Å²) in [6, 6.07) is 14.7. The van der Waals surface area contributed by atoms with Crippen LogP contribution in [0, 0.1) is 0 Å². The molecule has 17 nitrogen and oxygen atoms in total. The maximum Gasteiger partial charge on any atom is 0.150 e. The van der Waals surface area contributed by atoms with Crippen LogP contribution in [0.2, 0.25) is 0 Å². The number of aliphatic imine (C=N–C) groups is 1. The van der Waals surface area contributed by atoms with Crippen LogP contribution in [0.4, 0.5) is 11.6 Å². The summed E-state index contributed by atoms with van der Waals surface area (Å²) in [4.78, 5) is 28.6. The lowest BCUT2D eigenvalue weighted by molar-refractivity contribution is -0.0393. The molecule has 0 radical (unpaired) electrons. The van der Waals surface area contributed by atoms with E-state index in [9.17, 15) is 0 Å². The molecule has 1 unspecified atom stereocenters. The molecule has 3 saturated heterocycles. The number of aryl methyl sites for hydroxylation is 2. The molecule has 0 bridgehead atoms. The normalized spacial score (nSPS) is 19.8. The van der Waals surface area contributed by atoms with Gasteiger partial charge < -0.3 is 29.7 Å². The summed E-state index contributed by atoms with van der Waals surface area (Å²) in [5.41, 5.74) is 14.5. The number of rotatable bonds is 8. The van der Waals surface area contributed by atoms with Crippen LogP contribution in [0.3, 0.4) is 0 Å². The molecule has 0 spiro atoms. The Bertz CT molecular complexity index is 2770. The molecule has 0 saturated carbocycles. The summed E-state index contributed by atoms with van der Waals surface area (Å²) in [5.74, 6) is 1.80. The molecule has 7 aromatic rings. The van der Waals surface area contributed by atoms with Gasteiger partial charge in [0.2, 0.25) is 0 Å². The Kier molecular flexibility index (Phi) is 12.2. The third-order valence-corrected chi connectivity index (χ3v) is 12.0. The zero-order chi connectivity index (χ0) is 43.5. The van der Waals surface area contributed by atoms with E-state index < -0.39 is 0 Å². The Morgan fingerprint density at radius 2 is 1.41 bits per heavy atom. The SMILES string of the molecule is CN=C(C=CN)c1cc(N2CCOC[C@H]2C)nc2c(-c3ccnn3C)nccc12.C[C@@H]1COCCN1c1cc(-c2ccnn2C)c2ccnc(-c3ccn(C4CCCCO4)n3)c2n1. The minimum Gasteiger partial charge on any atom is -0.405 e. The van der Waals surface area contributed by atoms with Gasteiger partial charge in [0.25, 0.3) is 0 Å². The van der Waals surface area contributed by atoms with Crippen molar-refractivity contribution in [3.63, 3.8) is 0 Å². The number of aromatic nitrogens is 10. The van der Waals surface area contributed by atoms with Gasteiger partial charge in [-0.05, 0) is 87.9 Å². The Morgan fingerprint density at radius 3 is 2.03 bits per heavy atom. The molecule has 3 aliphatic heterocycles. The summed E-state index contributed by atoms with van der Waals surface area (Å²) in [5, 5.41) is 15.6. The molecule has 2 N–H and O–H groups in total. The summed E-state index contributed by atoms with van der Waals surface area (Å²) < 4.78 is 22.8. The number of pyridine rings is 4. The van der Waals surface area contributed by atoms with Crippen LogP contribution in [0.15, 0.2) is 90.7 Å². The molecule has 3 fully saturated rings. The lowest BCUT2D eigenvalue weighted by Crippen LogP contribution is -2.44. The number of nitrogens with two attached hydrogens (primary N) is 1. The van der Waals surface area contributed by atoms with E-state index in [-0.39, 0.29) is 18.3 Å². The van der Waals surface area contributed by atoms with Crippen LogP contribution >= 0.6 is 0 Å². The van der Waals surface area contributed by atoms with Crippen molar-refractivity contribution in [1.29, 1.82) is 0 Å². The molecule has 17 heteroatoms. The predicted octanol–water partition coefficient (Wildman–Crippen LogP) is 5.96. The highest BCUT2D eigenvalue weighted by Crippen LogP contribution is 2.36. The van der Waals surface area contributed by atoms with E-state index in [1.807, 2.05) is 83.1 Å². The second-order valence-corrected chi connectivity index (χ2v) is 16.1. The first-order chi connectivity index (χ1) is 30.8. The summed E-state index contributed by atoms with van der Waals surface area (Å²) in [7, 11) is 5.63.